The molecule has 1 rings (SSSR count). The van der Waals surface area contributed by atoms with E-state index in [1.54, 1.807) is 0 Å². The number of hydrogen-bond acceptors (Lipinski definition) is 2. The first-order valence-corrected chi connectivity index (χ1v) is 8.15. The topological polar surface area (TPSA) is 56.4 Å². The number of aryl methyl sites for hydroxylation is 2. The Kier molecular flexibility index (Phi) is 13.7. The first-order chi connectivity index (χ1) is 10.4. The van der Waals surface area contributed by atoms with Crippen LogP contribution in [0, 0.1) is 22.7 Å². The van der Waals surface area contributed by atoms with Gasteiger partial charge in [-0.05, 0) is 38.5 Å². The van der Waals surface area contributed by atoms with Crippen molar-refractivity contribution in [3.63, 3.8) is 0 Å². The smallest absolute Gasteiger partial charge is 0.243 e. The van der Waals surface area contributed by atoms with E-state index in [9.17, 15) is 0 Å². The SMILES string of the molecule is N#CCCCCCCn1cc[n+](CCCCCCC#N)c1.[Br-]. The number of imidazole rings is 1. The number of halogens is 1. The van der Waals surface area contributed by atoms with Crippen LogP contribution < -0.4 is 21.5 Å². The van der Waals surface area contributed by atoms with E-state index in [1.807, 2.05) is 0 Å². The minimum absolute atomic E-state index is 0. The van der Waals surface area contributed by atoms with Crippen molar-refractivity contribution in [2.45, 2.75) is 77.3 Å². The second-order valence-corrected chi connectivity index (χ2v) is 5.53. The molecule has 0 amide bonds. The Morgan fingerprint density at radius 3 is 2.05 bits per heavy atom. The van der Waals surface area contributed by atoms with Crippen molar-refractivity contribution in [2.24, 2.45) is 0 Å². The fourth-order valence-electron chi connectivity index (χ4n) is 2.41. The van der Waals surface area contributed by atoms with Crippen LogP contribution in [-0.2, 0) is 13.1 Å². The van der Waals surface area contributed by atoms with Crippen molar-refractivity contribution < 1.29 is 21.5 Å². The summed E-state index contributed by atoms with van der Waals surface area (Å²) >= 11 is 0. The van der Waals surface area contributed by atoms with E-state index in [0.717, 1.165) is 38.8 Å². The molecule has 0 aliphatic rings. The van der Waals surface area contributed by atoms with Gasteiger partial charge in [-0.15, -0.1) is 0 Å². The third-order valence-corrected chi connectivity index (χ3v) is 3.66. The summed E-state index contributed by atoms with van der Waals surface area (Å²) in [5.74, 6) is 0. The molecule has 0 bridgehead atoms. The molecule has 0 radical (unpaired) electrons. The minimum atomic E-state index is 0. The molecule has 0 saturated heterocycles. The van der Waals surface area contributed by atoms with Gasteiger partial charge in [0.05, 0.1) is 25.2 Å². The second kappa shape index (κ2) is 14.6. The molecule has 0 unspecified atom stereocenters. The molecule has 0 N–H and O–H groups in total. The van der Waals surface area contributed by atoms with E-state index in [1.165, 1.54) is 25.7 Å². The number of aromatic nitrogens is 2. The lowest BCUT2D eigenvalue weighted by atomic mass is 10.1. The van der Waals surface area contributed by atoms with Crippen LogP contribution in [0.3, 0.4) is 0 Å². The highest BCUT2D eigenvalue weighted by molar-refractivity contribution is 4.69. The monoisotopic (exact) mass is 366 g/mol. The third-order valence-electron chi connectivity index (χ3n) is 3.66. The largest absolute Gasteiger partial charge is 1.00 e. The quantitative estimate of drug-likeness (QED) is 0.404. The molecule has 0 fully saturated rings. The maximum Gasteiger partial charge on any atom is 0.243 e. The lowest BCUT2D eigenvalue weighted by Crippen LogP contribution is -3.00. The third kappa shape index (κ3) is 10.4. The molecule has 0 saturated carbocycles. The molecule has 5 heteroatoms. The Balaban J connectivity index is 0.00000441. The molecule has 122 valence electrons. The summed E-state index contributed by atoms with van der Waals surface area (Å²) in [7, 11) is 0. The van der Waals surface area contributed by atoms with Gasteiger partial charge in [0.1, 0.15) is 12.4 Å². The average molecular weight is 367 g/mol. The predicted molar refractivity (Wildman–Crippen MR) is 82.0 cm³/mol. The van der Waals surface area contributed by atoms with E-state index >= 15 is 0 Å². The Labute approximate surface area is 145 Å². The van der Waals surface area contributed by atoms with Gasteiger partial charge in [-0.2, -0.15) is 10.5 Å². The van der Waals surface area contributed by atoms with E-state index in [4.69, 9.17) is 10.5 Å². The zero-order chi connectivity index (χ0) is 15.2. The zero-order valence-electron chi connectivity index (χ0n) is 13.4. The minimum Gasteiger partial charge on any atom is -1.00 e. The zero-order valence-corrected chi connectivity index (χ0v) is 15.0. The molecule has 22 heavy (non-hydrogen) atoms. The number of unbranched alkanes of at least 4 members (excludes halogenated alkanes) is 8. The van der Waals surface area contributed by atoms with Crippen LogP contribution in [0.25, 0.3) is 0 Å². The Bertz CT molecular complexity index is 415. The lowest BCUT2D eigenvalue weighted by Gasteiger charge is -1.98. The van der Waals surface area contributed by atoms with Gasteiger partial charge >= 0.3 is 0 Å². The van der Waals surface area contributed by atoms with E-state index in [-0.39, 0.29) is 17.0 Å². The molecular formula is C17H27BrN4. The molecule has 1 aromatic rings. The maximum atomic E-state index is 8.46. The first kappa shape index (κ1) is 20.7. The number of rotatable bonds is 12. The number of hydrogen-bond donors (Lipinski definition) is 0. The highest BCUT2D eigenvalue weighted by Gasteiger charge is 2.03. The lowest BCUT2D eigenvalue weighted by molar-refractivity contribution is -0.696. The summed E-state index contributed by atoms with van der Waals surface area (Å²) < 4.78 is 4.50. The van der Waals surface area contributed by atoms with Crippen LogP contribution in [0.2, 0.25) is 0 Å². The van der Waals surface area contributed by atoms with Gasteiger partial charge in [0.2, 0.25) is 6.33 Å². The van der Waals surface area contributed by atoms with E-state index in [2.05, 4.69) is 40.0 Å². The molecule has 0 aromatic carbocycles. The van der Waals surface area contributed by atoms with Gasteiger partial charge in [0.25, 0.3) is 0 Å². The average Bonchev–Trinajstić information content (AvgIpc) is 2.94. The molecule has 1 aromatic heterocycles. The highest BCUT2D eigenvalue weighted by Crippen LogP contribution is 2.04. The molecule has 0 spiro atoms. The first-order valence-electron chi connectivity index (χ1n) is 8.15. The predicted octanol–water partition coefficient (Wildman–Crippen LogP) is 0.728. The van der Waals surface area contributed by atoms with Crippen LogP contribution in [-0.4, -0.2) is 4.57 Å². The van der Waals surface area contributed by atoms with E-state index < -0.39 is 0 Å². The van der Waals surface area contributed by atoms with Crippen LogP contribution in [0.1, 0.15) is 64.2 Å². The maximum absolute atomic E-state index is 8.46. The number of nitrogens with zero attached hydrogens (tertiary/aromatic N) is 4. The molecule has 0 aliphatic carbocycles. The van der Waals surface area contributed by atoms with Gasteiger partial charge in [0.15, 0.2) is 0 Å². The summed E-state index contributed by atoms with van der Waals surface area (Å²) in [6, 6.07) is 4.38. The van der Waals surface area contributed by atoms with Crippen LogP contribution in [0.5, 0.6) is 0 Å². The normalized spacial score (nSPS) is 9.73. The highest BCUT2D eigenvalue weighted by atomic mass is 79.9. The van der Waals surface area contributed by atoms with Crippen molar-refractivity contribution in [3.8, 4) is 12.1 Å². The van der Waals surface area contributed by atoms with Gasteiger partial charge < -0.3 is 17.0 Å². The van der Waals surface area contributed by atoms with Crippen LogP contribution in [0.15, 0.2) is 18.7 Å². The summed E-state index contributed by atoms with van der Waals surface area (Å²) in [5.41, 5.74) is 0. The Morgan fingerprint density at radius 2 is 1.41 bits per heavy atom. The Hall–Kier alpha value is -1.33. The summed E-state index contributed by atoms with van der Waals surface area (Å²) in [6.07, 6.45) is 17.0. The standard InChI is InChI=1S/C17H27N4.BrH/c18-11-7-3-1-5-9-13-20-15-16-21(17-20)14-10-6-2-4-8-12-19;/h15-17H,1-10,13-14H2;1H/q+1;/p-1. The van der Waals surface area contributed by atoms with E-state index in [0.29, 0.717) is 12.8 Å². The van der Waals surface area contributed by atoms with Gasteiger partial charge in [0, 0.05) is 12.8 Å². The molecule has 0 atom stereocenters. The molecule has 4 nitrogen and oxygen atoms in total. The summed E-state index contributed by atoms with van der Waals surface area (Å²) in [4.78, 5) is 0. The fraction of sp³-hybridized carbons (Fsp3) is 0.706. The number of nitriles is 2. The van der Waals surface area contributed by atoms with Crippen LogP contribution >= 0.6 is 0 Å². The van der Waals surface area contributed by atoms with Crippen molar-refractivity contribution in [2.75, 3.05) is 0 Å². The second-order valence-electron chi connectivity index (χ2n) is 5.53. The van der Waals surface area contributed by atoms with Crippen molar-refractivity contribution in [3.05, 3.63) is 18.7 Å². The van der Waals surface area contributed by atoms with Gasteiger partial charge in [-0.25, -0.2) is 9.13 Å². The Morgan fingerprint density at radius 1 is 0.818 bits per heavy atom. The van der Waals surface area contributed by atoms with Gasteiger partial charge in [-0.1, -0.05) is 12.8 Å². The summed E-state index contributed by atoms with van der Waals surface area (Å²) in [5, 5.41) is 16.9. The van der Waals surface area contributed by atoms with Crippen molar-refractivity contribution >= 4 is 0 Å². The molecule has 0 aliphatic heterocycles. The summed E-state index contributed by atoms with van der Waals surface area (Å²) in [6.45, 7) is 2.14. The van der Waals surface area contributed by atoms with Crippen molar-refractivity contribution in [1.82, 2.24) is 4.57 Å². The fourth-order valence-corrected chi connectivity index (χ4v) is 2.41. The molecular weight excluding hydrogens is 340 g/mol. The van der Waals surface area contributed by atoms with Crippen molar-refractivity contribution in [1.29, 1.82) is 10.5 Å². The van der Waals surface area contributed by atoms with Gasteiger partial charge in [-0.3, -0.25) is 0 Å². The molecule has 1 heterocycles. The van der Waals surface area contributed by atoms with Crippen LogP contribution in [0.4, 0.5) is 0 Å².